The van der Waals surface area contributed by atoms with Crippen LogP contribution in [0.2, 0.25) is 0 Å². The fraction of sp³-hybridized carbons (Fsp3) is 0. The number of hydrogen-bond acceptors (Lipinski definition) is 6. The molecule has 0 radical (unpaired) electrons. The number of hydrogen-bond donors (Lipinski definition) is 3. The molecule has 0 heterocycles. The first-order valence-corrected chi connectivity index (χ1v) is 2.61. The van der Waals surface area contributed by atoms with Crippen molar-refractivity contribution in [1.29, 1.82) is 0 Å². The van der Waals surface area contributed by atoms with E-state index in [1.807, 2.05) is 0 Å². The van der Waals surface area contributed by atoms with Gasteiger partial charge in [0.15, 0.2) is 0 Å². The fourth-order valence-corrected chi connectivity index (χ4v) is 0. The molecule has 0 amide bonds. The summed E-state index contributed by atoms with van der Waals surface area (Å²) in [5.41, 5.74) is 0. The average molecular weight is 200 g/mol. The maximum atomic E-state index is 8.63. The summed E-state index contributed by atoms with van der Waals surface area (Å²) in [5.74, 6) is 0. The molecule has 0 saturated heterocycles. The predicted molar refractivity (Wildman–Crippen MR) is 26.1 cm³/mol. The maximum absolute atomic E-state index is 8.63. The second kappa shape index (κ2) is 10.0. The normalized spacial score (nSPS) is 7.45. The molecule has 64 valence electrons. The zero-order chi connectivity index (χ0) is 8.08. The van der Waals surface area contributed by atoms with Gasteiger partial charge in [-0.2, -0.15) is 0 Å². The van der Waals surface area contributed by atoms with Crippen LogP contribution in [-0.4, -0.2) is 27.8 Å². The molecule has 0 aromatic rings. The largest absolute Gasteiger partial charge is 1.00 e. The van der Waals surface area contributed by atoms with Gasteiger partial charge in [-0.25, -0.2) is 8.42 Å². The molecule has 11 heteroatoms. The first-order chi connectivity index (χ1) is 3.73. The summed E-state index contributed by atoms with van der Waals surface area (Å²) < 4.78 is 32.8. The topological polar surface area (TPSA) is 176 Å². The van der Waals surface area contributed by atoms with Gasteiger partial charge in [0.1, 0.15) is 0 Å². The van der Waals surface area contributed by atoms with Gasteiger partial charge in [0, 0.05) is 0 Å². The molecule has 0 unspecified atom stereocenters. The van der Waals surface area contributed by atoms with Crippen molar-refractivity contribution in [3.8, 4) is 0 Å². The van der Waals surface area contributed by atoms with E-state index >= 15 is 0 Å². The Morgan fingerprint density at radius 3 is 1.36 bits per heavy atom. The van der Waals surface area contributed by atoms with Crippen molar-refractivity contribution in [2.75, 3.05) is 0 Å². The fourth-order valence-electron chi connectivity index (χ4n) is 0. The van der Waals surface area contributed by atoms with Crippen molar-refractivity contribution in [1.82, 2.24) is 6.15 Å². The summed E-state index contributed by atoms with van der Waals surface area (Å²) in [4.78, 5) is 8.36. The monoisotopic (exact) mass is 200 g/mol. The molecule has 0 aliphatic carbocycles. The van der Waals surface area contributed by atoms with E-state index in [9.17, 15) is 0 Å². The average Bonchev–Trinajstić information content (AvgIpc) is 1.19. The summed E-state index contributed by atoms with van der Waals surface area (Å²) >= 11 is 0. The standard InChI is InChI=1S/HNO3.H3N.Na.H2O4S/c2-1(3)4;;;1-5(2,3)4/h(H,2,3,4);1H3;;(H2,1,2,3,4)/q;;+1;/p-1. The molecule has 0 saturated carbocycles. The molecule has 0 rings (SSSR count). The van der Waals surface area contributed by atoms with Crippen LogP contribution >= 0.6 is 0 Å². The predicted octanol–water partition coefficient (Wildman–Crippen LogP) is -4.18. The molecule has 9 nitrogen and oxygen atoms in total. The quantitative estimate of drug-likeness (QED) is 0.116. The molecular weight excluding hydrogens is 195 g/mol. The molecule has 0 aromatic heterocycles. The molecular formula is H5N2NaO7S. The molecule has 11 heavy (non-hydrogen) atoms. The van der Waals surface area contributed by atoms with Crippen LogP contribution in [0.5, 0.6) is 0 Å². The first-order valence-electron chi connectivity index (χ1n) is 1.25. The van der Waals surface area contributed by atoms with Gasteiger partial charge >= 0.3 is 29.6 Å². The molecule has 0 atom stereocenters. The van der Waals surface area contributed by atoms with E-state index in [1.165, 1.54) is 0 Å². The Kier molecular flexibility index (Phi) is 20.5. The van der Waals surface area contributed by atoms with Crippen molar-refractivity contribution in [3.05, 3.63) is 10.1 Å². The van der Waals surface area contributed by atoms with Crippen molar-refractivity contribution in [3.63, 3.8) is 0 Å². The maximum Gasteiger partial charge on any atom is 1.00 e. The van der Waals surface area contributed by atoms with Gasteiger partial charge in [-0.1, -0.05) is 0 Å². The third-order valence-corrected chi connectivity index (χ3v) is 0. The molecule has 0 aliphatic heterocycles. The summed E-state index contributed by atoms with van der Waals surface area (Å²) in [5, 5.41) is 13.6. The number of rotatable bonds is 0. The Morgan fingerprint density at radius 1 is 1.36 bits per heavy atom. The zero-order valence-electron chi connectivity index (χ0n) is 5.50. The minimum atomic E-state index is -4.92. The van der Waals surface area contributed by atoms with E-state index in [2.05, 4.69) is 0 Å². The van der Waals surface area contributed by atoms with Crippen molar-refractivity contribution < 1.29 is 57.4 Å². The van der Waals surface area contributed by atoms with Crippen LogP contribution in [-0.2, 0) is 10.4 Å². The minimum Gasteiger partial charge on any atom is -0.726 e. The van der Waals surface area contributed by atoms with Crippen molar-refractivity contribution in [2.45, 2.75) is 0 Å². The molecule has 0 spiro atoms. The van der Waals surface area contributed by atoms with Gasteiger partial charge in [-0.15, -0.1) is 10.1 Å². The second-order valence-electron chi connectivity index (χ2n) is 0.666. The Balaban J connectivity index is -0.0000000383. The molecule has 0 aromatic carbocycles. The van der Waals surface area contributed by atoms with Gasteiger partial charge in [-0.05, 0) is 0 Å². The summed E-state index contributed by atoms with van der Waals surface area (Å²) in [6, 6.07) is 0. The van der Waals surface area contributed by atoms with E-state index in [-0.39, 0.29) is 35.7 Å². The summed E-state index contributed by atoms with van der Waals surface area (Å²) in [6.45, 7) is 0. The Bertz CT molecular complexity index is 159. The Hall–Kier alpha value is 0.0300. The van der Waals surface area contributed by atoms with Crippen molar-refractivity contribution in [2.24, 2.45) is 0 Å². The van der Waals surface area contributed by atoms with Gasteiger partial charge in [-0.3, -0.25) is 4.55 Å². The molecule has 5 N–H and O–H groups in total. The van der Waals surface area contributed by atoms with Crippen LogP contribution < -0.4 is 35.7 Å². The van der Waals surface area contributed by atoms with Gasteiger partial charge in [0.25, 0.3) is 5.09 Å². The van der Waals surface area contributed by atoms with E-state index in [0.717, 1.165) is 0 Å². The molecule has 0 aliphatic rings. The van der Waals surface area contributed by atoms with Crippen LogP contribution in [0.4, 0.5) is 0 Å². The first kappa shape index (κ1) is 22.5. The summed E-state index contributed by atoms with van der Waals surface area (Å²) in [7, 11) is -4.92. The van der Waals surface area contributed by atoms with E-state index in [1.54, 1.807) is 0 Å². The van der Waals surface area contributed by atoms with Crippen LogP contribution in [0.15, 0.2) is 0 Å². The van der Waals surface area contributed by atoms with Gasteiger partial charge in [0.05, 0.1) is 0 Å². The zero-order valence-corrected chi connectivity index (χ0v) is 8.31. The van der Waals surface area contributed by atoms with Gasteiger partial charge < -0.3 is 15.9 Å². The third kappa shape index (κ3) is 719000. The van der Waals surface area contributed by atoms with Crippen LogP contribution in [0.3, 0.4) is 0 Å². The van der Waals surface area contributed by atoms with E-state index < -0.39 is 15.5 Å². The molecule has 0 fully saturated rings. The van der Waals surface area contributed by atoms with Crippen molar-refractivity contribution >= 4 is 10.4 Å². The van der Waals surface area contributed by atoms with Crippen LogP contribution in [0, 0.1) is 10.1 Å². The third-order valence-electron chi connectivity index (χ3n) is 0. The number of nitrogens with zero attached hydrogens (tertiary/aromatic N) is 1. The Labute approximate surface area is 84.0 Å². The van der Waals surface area contributed by atoms with Crippen LogP contribution in [0.25, 0.3) is 0 Å². The Morgan fingerprint density at radius 2 is 1.36 bits per heavy atom. The van der Waals surface area contributed by atoms with E-state index in [0.29, 0.717) is 0 Å². The SMILES string of the molecule is N.O=S(=O)([O-])O.O=[N+]([O-])O.[Na+]. The second-order valence-corrected chi connectivity index (χ2v) is 1.52. The minimum absolute atomic E-state index is 0. The summed E-state index contributed by atoms with van der Waals surface area (Å²) in [6.07, 6.45) is 0. The smallest absolute Gasteiger partial charge is 0.726 e. The molecule has 0 bridgehead atoms. The van der Waals surface area contributed by atoms with E-state index in [4.69, 9.17) is 32.8 Å². The van der Waals surface area contributed by atoms with Gasteiger partial charge in [0.2, 0.25) is 10.4 Å². The van der Waals surface area contributed by atoms with Crippen LogP contribution in [0.1, 0.15) is 0 Å².